The van der Waals surface area contributed by atoms with Gasteiger partial charge in [0.05, 0.1) is 16.9 Å². The van der Waals surface area contributed by atoms with E-state index in [9.17, 15) is 5.11 Å². The predicted octanol–water partition coefficient (Wildman–Crippen LogP) is 5.74. The molecule has 1 heterocycles. The zero-order valence-corrected chi connectivity index (χ0v) is 15.5. The fourth-order valence-electron chi connectivity index (χ4n) is 2.30. The van der Waals surface area contributed by atoms with E-state index in [0.717, 1.165) is 16.8 Å². The molecule has 3 rings (SSSR count). The summed E-state index contributed by atoms with van der Waals surface area (Å²) in [5.74, 6) is 0.339. The molecular weight excluding hydrogens is 354 g/mol. The van der Waals surface area contributed by atoms with Crippen molar-refractivity contribution in [1.29, 1.82) is 0 Å². The van der Waals surface area contributed by atoms with Crippen molar-refractivity contribution in [2.24, 2.45) is 5.10 Å². The summed E-state index contributed by atoms with van der Waals surface area (Å²) in [6, 6.07) is 13.6. The van der Waals surface area contributed by atoms with E-state index in [2.05, 4.69) is 29.4 Å². The Labute approximate surface area is 155 Å². The smallest absolute Gasteiger partial charge is 0.203 e. The molecule has 0 fully saturated rings. The minimum Gasteiger partial charge on any atom is -0.506 e. The molecule has 0 radical (unpaired) electrons. The third-order valence-electron chi connectivity index (χ3n) is 3.72. The maximum Gasteiger partial charge on any atom is 0.203 e. The van der Waals surface area contributed by atoms with E-state index >= 15 is 0 Å². The number of nitrogens with zero attached hydrogens (tertiary/aromatic N) is 2. The van der Waals surface area contributed by atoms with Crippen LogP contribution in [0.3, 0.4) is 0 Å². The van der Waals surface area contributed by atoms with Gasteiger partial charge in [-0.3, -0.25) is 5.43 Å². The molecule has 0 aliphatic carbocycles. The molecule has 25 heavy (non-hydrogen) atoms. The molecule has 0 saturated heterocycles. The number of aromatic nitrogens is 1. The lowest BCUT2D eigenvalue weighted by molar-refractivity contribution is 0.474. The van der Waals surface area contributed by atoms with Crippen LogP contribution in [0, 0.1) is 0 Å². The van der Waals surface area contributed by atoms with Crippen LogP contribution in [0.2, 0.25) is 5.02 Å². The highest BCUT2D eigenvalue weighted by molar-refractivity contribution is 7.14. The first-order valence-electron chi connectivity index (χ1n) is 7.87. The SMILES string of the molecule is CC(C)c1cc(Cl)c(O)c(C=NNc2nc(-c3ccccc3)cs2)c1. The van der Waals surface area contributed by atoms with E-state index in [0.29, 0.717) is 21.6 Å². The highest BCUT2D eigenvalue weighted by atomic mass is 35.5. The number of rotatable bonds is 5. The fraction of sp³-hybridized carbons (Fsp3) is 0.158. The van der Waals surface area contributed by atoms with Crippen molar-refractivity contribution in [3.8, 4) is 17.0 Å². The Bertz CT molecular complexity index is 891. The van der Waals surface area contributed by atoms with E-state index in [4.69, 9.17) is 11.6 Å². The molecule has 2 N–H and O–H groups in total. The van der Waals surface area contributed by atoms with Crippen molar-refractivity contribution in [3.05, 3.63) is 64.0 Å². The molecule has 2 aromatic carbocycles. The number of anilines is 1. The van der Waals surface area contributed by atoms with Gasteiger partial charge in [-0.25, -0.2) is 4.98 Å². The second-order valence-corrected chi connectivity index (χ2v) is 7.13. The van der Waals surface area contributed by atoms with Crippen LogP contribution in [-0.2, 0) is 0 Å². The summed E-state index contributed by atoms with van der Waals surface area (Å²) >= 11 is 7.56. The maximum atomic E-state index is 10.1. The average Bonchev–Trinajstić information content (AvgIpc) is 3.08. The zero-order valence-electron chi connectivity index (χ0n) is 13.9. The molecular formula is C19H18ClN3OS. The largest absolute Gasteiger partial charge is 0.506 e. The van der Waals surface area contributed by atoms with Crippen LogP contribution in [0.25, 0.3) is 11.3 Å². The van der Waals surface area contributed by atoms with E-state index in [1.807, 2.05) is 41.8 Å². The lowest BCUT2D eigenvalue weighted by atomic mass is 10.0. The first-order valence-corrected chi connectivity index (χ1v) is 9.13. The number of nitrogens with one attached hydrogen (secondary N) is 1. The lowest BCUT2D eigenvalue weighted by Crippen LogP contribution is -1.94. The van der Waals surface area contributed by atoms with Crippen LogP contribution in [0.1, 0.15) is 30.9 Å². The Hall–Kier alpha value is -2.37. The van der Waals surface area contributed by atoms with Crippen LogP contribution >= 0.6 is 22.9 Å². The van der Waals surface area contributed by atoms with Gasteiger partial charge < -0.3 is 5.11 Å². The molecule has 0 amide bonds. The Morgan fingerprint density at radius 1 is 1.24 bits per heavy atom. The summed E-state index contributed by atoms with van der Waals surface area (Å²) in [6.45, 7) is 4.14. The number of aromatic hydroxyl groups is 1. The van der Waals surface area contributed by atoms with Gasteiger partial charge in [-0.05, 0) is 23.6 Å². The minimum absolute atomic E-state index is 0.0285. The number of phenols is 1. The van der Waals surface area contributed by atoms with E-state index in [-0.39, 0.29) is 5.75 Å². The fourth-order valence-corrected chi connectivity index (χ4v) is 3.20. The number of halogens is 1. The number of hydrogen-bond donors (Lipinski definition) is 2. The van der Waals surface area contributed by atoms with Crippen LogP contribution < -0.4 is 5.43 Å². The quantitative estimate of drug-likeness (QED) is 0.444. The average molecular weight is 372 g/mol. The molecule has 0 aliphatic heterocycles. The normalized spacial score (nSPS) is 11.4. The highest BCUT2D eigenvalue weighted by Crippen LogP contribution is 2.31. The summed E-state index contributed by atoms with van der Waals surface area (Å²) < 4.78 is 0. The van der Waals surface area contributed by atoms with Gasteiger partial charge in [0.15, 0.2) is 0 Å². The molecule has 0 saturated carbocycles. The van der Waals surface area contributed by atoms with Crippen molar-refractivity contribution in [1.82, 2.24) is 4.98 Å². The van der Waals surface area contributed by atoms with Crippen LogP contribution in [-0.4, -0.2) is 16.3 Å². The van der Waals surface area contributed by atoms with Crippen molar-refractivity contribution in [2.75, 3.05) is 5.43 Å². The van der Waals surface area contributed by atoms with Gasteiger partial charge in [0.25, 0.3) is 0 Å². The molecule has 6 heteroatoms. The summed E-state index contributed by atoms with van der Waals surface area (Å²) in [5.41, 5.74) is 6.48. The molecule has 4 nitrogen and oxygen atoms in total. The molecule has 1 aromatic heterocycles. The molecule has 0 aliphatic rings. The highest BCUT2D eigenvalue weighted by Gasteiger charge is 2.09. The summed E-state index contributed by atoms with van der Waals surface area (Å²) in [4.78, 5) is 4.50. The third kappa shape index (κ3) is 4.18. The van der Waals surface area contributed by atoms with Gasteiger partial charge in [0.1, 0.15) is 5.75 Å². The molecule has 0 atom stereocenters. The van der Waals surface area contributed by atoms with Gasteiger partial charge in [0, 0.05) is 16.5 Å². The number of hydrazone groups is 1. The topological polar surface area (TPSA) is 57.5 Å². The minimum atomic E-state index is 0.0285. The van der Waals surface area contributed by atoms with E-state index < -0.39 is 0 Å². The first kappa shape index (κ1) is 17.5. The second kappa shape index (κ2) is 7.68. The van der Waals surface area contributed by atoms with Crippen LogP contribution in [0.5, 0.6) is 5.75 Å². The van der Waals surface area contributed by atoms with Gasteiger partial charge in [-0.1, -0.05) is 55.8 Å². The van der Waals surface area contributed by atoms with Crippen molar-refractivity contribution in [3.63, 3.8) is 0 Å². The number of thiazole rings is 1. The Kier molecular flexibility index (Phi) is 5.36. The summed E-state index contributed by atoms with van der Waals surface area (Å²) in [5, 5.41) is 17.2. The standard InChI is InChI=1S/C19H18ClN3OS/c1-12(2)14-8-15(18(24)16(20)9-14)10-21-23-19-22-17(11-25-19)13-6-4-3-5-7-13/h3-12,24H,1-2H3,(H,22,23). The van der Waals surface area contributed by atoms with E-state index in [1.54, 1.807) is 12.3 Å². The Morgan fingerprint density at radius 2 is 2.00 bits per heavy atom. The zero-order chi connectivity index (χ0) is 17.8. The van der Waals surface area contributed by atoms with Gasteiger partial charge >= 0.3 is 0 Å². The lowest BCUT2D eigenvalue weighted by Gasteiger charge is -2.09. The molecule has 128 valence electrons. The Morgan fingerprint density at radius 3 is 2.72 bits per heavy atom. The van der Waals surface area contributed by atoms with Crippen molar-refractivity contribution < 1.29 is 5.11 Å². The number of phenolic OH excluding ortho intramolecular Hbond substituents is 1. The van der Waals surface area contributed by atoms with Gasteiger partial charge in [-0.2, -0.15) is 5.10 Å². The van der Waals surface area contributed by atoms with Gasteiger partial charge in [0.2, 0.25) is 5.13 Å². The number of hydrogen-bond acceptors (Lipinski definition) is 5. The molecule has 0 unspecified atom stereocenters. The monoisotopic (exact) mass is 371 g/mol. The first-order chi connectivity index (χ1) is 12.0. The summed E-state index contributed by atoms with van der Waals surface area (Å²) in [6.07, 6.45) is 1.55. The van der Waals surface area contributed by atoms with Crippen molar-refractivity contribution in [2.45, 2.75) is 19.8 Å². The maximum absolute atomic E-state index is 10.1. The number of benzene rings is 2. The van der Waals surface area contributed by atoms with Crippen LogP contribution in [0.15, 0.2) is 52.9 Å². The van der Waals surface area contributed by atoms with Crippen molar-refractivity contribution >= 4 is 34.3 Å². The third-order valence-corrected chi connectivity index (χ3v) is 4.75. The van der Waals surface area contributed by atoms with Crippen LogP contribution in [0.4, 0.5) is 5.13 Å². The second-order valence-electron chi connectivity index (χ2n) is 5.87. The summed E-state index contributed by atoms with van der Waals surface area (Å²) in [7, 11) is 0. The molecule has 3 aromatic rings. The Balaban J connectivity index is 1.75. The van der Waals surface area contributed by atoms with Gasteiger partial charge in [-0.15, -0.1) is 11.3 Å². The molecule has 0 spiro atoms. The predicted molar refractivity (Wildman–Crippen MR) is 106 cm³/mol. The van der Waals surface area contributed by atoms with E-state index in [1.165, 1.54) is 11.3 Å². The molecule has 0 bridgehead atoms.